The largest absolute Gasteiger partial charge is 0.300 e. The molecular formula is C9H10ClNO. The molecule has 0 heterocycles. The Hall–Kier alpha value is -0.830. The minimum absolute atomic E-state index is 0.409. The summed E-state index contributed by atoms with van der Waals surface area (Å²) in [6.07, 6.45) is 3.73. The fraction of sp³-hybridized carbons (Fsp3) is 0.111. The van der Waals surface area contributed by atoms with E-state index in [0.29, 0.717) is 6.61 Å². The Bertz CT molecular complexity index is 273. The van der Waals surface area contributed by atoms with E-state index in [1.807, 2.05) is 36.4 Å². The molecule has 0 radical (unpaired) electrons. The van der Waals surface area contributed by atoms with Crippen molar-refractivity contribution < 1.29 is 4.84 Å². The van der Waals surface area contributed by atoms with Gasteiger partial charge in [-0.25, -0.2) is 5.90 Å². The van der Waals surface area contributed by atoms with Gasteiger partial charge in [0.25, 0.3) is 0 Å². The summed E-state index contributed by atoms with van der Waals surface area (Å²) in [5.74, 6) is 4.85. The average Bonchev–Trinajstić information content (AvgIpc) is 2.05. The molecule has 0 aliphatic carbocycles. The van der Waals surface area contributed by atoms with Crippen molar-refractivity contribution in [3.05, 3.63) is 40.9 Å². The Morgan fingerprint density at radius 2 is 2.33 bits per heavy atom. The highest BCUT2D eigenvalue weighted by Crippen LogP contribution is 2.11. The van der Waals surface area contributed by atoms with E-state index in [9.17, 15) is 0 Å². The van der Waals surface area contributed by atoms with Crippen molar-refractivity contribution >= 4 is 17.7 Å². The van der Waals surface area contributed by atoms with Gasteiger partial charge in [-0.1, -0.05) is 35.9 Å². The van der Waals surface area contributed by atoms with Gasteiger partial charge >= 0.3 is 0 Å². The van der Waals surface area contributed by atoms with Gasteiger partial charge in [-0.2, -0.15) is 0 Å². The van der Waals surface area contributed by atoms with Crippen LogP contribution in [-0.4, -0.2) is 6.61 Å². The molecule has 0 aliphatic rings. The van der Waals surface area contributed by atoms with Crippen molar-refractivity contribution in [2.24, 2.45) is 5.90 Å². The average molecular weight is 184 g/mol. The lowest BCUT2D eigenvalue weighted by Crippen LogP contribution is -1.96. The topological polar surface area (TPSA) is 35.2 Å². The SMILES string of the molecule is NOCC=Cc1cccc(Cl)c1. The Morgan fingerprint density at radius 1 is 1.50 bits per heavy atom. The maximum atomic E-state index is 5.77. The summed E-state index contributed by atoms with van der Waals surface area (Å²) in [6.45, 7) is 0.409. The van der Waals surface area contributed by atoms with E-state index in [0.717, 1.165) is 10.6 Å². The van der Waals surface area contributed by atoms with Crippen LogP contribution in [0.2, 0.25) is 5.02 Å². The third-order valence-corrected chi connectivity index (χ3v) is 1.59. The van der Waals surface area contributed by atoms with Gasteiger partial charge in [-0.05, 0) is 17.7 Å². The first-order valence-corrected chi connectivity index (χ1v) is 3.94. The minimum Gasteiger partial charge on any atom is -0.300 e. The Kier molecular flexibility index (Phi) is 3.80. The first-order valence-electron chi connectivity index (χ1n) is 3.56. The summed E-state index contributed by atoms with van der Waals surface area (Å²) < 4.78 is 0. The van der Waals surface area contributed by atoms with Crippen molar-refractivity contribution in [2.75, 3.05) is 6.61 Å². The van der Waals surface area contributed by atoms with Crippen molar-refractivity contribution in [3.63, 3.8) is 0 Å². The fourth-order valence-corrected chi connectivity index (χ4v) is 1.05. The summed E-state index contributed by atoms with van der Waals surface area (Å²) in [7, 11) is 0. The summed E-state index contributed by atoms with van der Waals surface area (Å²) in [6, 6.07) is 7.55. The van der Waals surface area contributed by atoms with Crippen LogP contribution in [0.4, 0.5) is 0 Å². The quantitative estimate of drug-likeness (QED) is 0.730. The molecule has 0 spiro atoms. The van der Waals surface area contributed by atoms with E-state index in [1.165, 1.54) is 0 Å². The number of rotatable bonds is 3. The molecule has 0 amide bonds. The molecule has 0 saturated heterocycles. The highest BCUT2D eigenvalue weighted by molar-refractivity contribution is 6.30. The molecule has 0 bridgehead atoms. The van der Waals surface area contributed by atoms with E-state index < -0.39 is 0 Å². The van der Waals surface area contributed by atoms with E-state index in [4.69, 9.17) is 17.5 Å². The van der Waals surface area contributed by atoms with Crippen molar-refractivity contribution in [3.8, 4) is 0 Å². The molecule has 0 aliphatic heterocycles. The van der Waals surface area contributed by atoms with Crippen LogP contribution in [0.1, 0.15) is 5.56 Å². The molecular weight excluding hydrogens is 174 g/mol. The van der Waals surface area contributed by atoms with Crippen LogP contribution in [0, 0.1) is 0 Å². The van der Waals surface area contributed by atoms with Crippen LogP contribution in [0.25, 0.3) is 6.08 Å². The van der Waals surface area contributed by atoms with Crippen LogP contribution < -0.4 is 5.90 Å². The van der Waals surface area contributed by atoms with Crippen LogP contribution in [0.5, 0.6) is 0 Å². The fourth-order valence-electron chi connectivity index (χ4n) is 0.850. The van der Waals surface area contributed by atoms with Gasteiger partial charge in [0.15, 0.2) is 0 Å². The van der Waals surface area contributed by atoms with Crippen molar-refractivity contribution in [1.29, 1.82) is 0 Å². The maximum absolute atomic E-state index is 5.77. The highest BCUT2D eigenvalue weighted by atomic mass is 35.5. The summed E-state index contributed by atoms with van der Waals surface area (Å²) in [5, 5.41) is 0.728. The lowest BCUT2D eigenvalue weighted by molar-refractivity contribution is 0.168. The van der Waals surface area contributed by atoms with E-state index in [2.05, 4.69) is 4.84 Å². The second-order valence-corrected chi connectivity index (χ2v) is 2.73. The third-order valence-electron chi connectivity index (χ3n) is 1.35. The van der Waals surface area contributed by atoms with Gasteiger partial charge in [-0.3, -0.25) is 0 Å². The van der Waals surface area contributed by atoms with E-state index in [1.54, 1.807) is 0 Å². The number of benzene rings is 1. The van der Waals surface area contributed by atoms with E-state index >= 15 is 0 Å². The molecule has 0 unspecified atom stereocenters. The van der Waals surface area contributed by atoms with Gasteiger partial charge in [0.2, 0.25) is 0 Å². The normalized spacial score (nSPS) is 10.8. The van der Waals surface area contributed by atoms with Crippen LogP contribution in [0.15, 0.2) is 30.3 Å². The van der Waals surface area contributed by atoms with Gasteiger partial charge in [0.05, 0.1) is 6.61 Å². The van der Waals surface area contributed by atoms with Crippen molar-refractivity contribution in [2.45, 2.75) is 0 Å². The van der Waals surface area contributed by atoms with Crippen LogP contribution in [0.3, 0.4) is 0 Å². The zero-order chi connectivity index (χ0) is 8.81. The molecule has 2 nitrogen and oxygen atoms in total. The second-order valence-electron chi connectivity index (χ2n) is 2.29. The molecule has 0 saturated carbocycles. The molecule has 0 aromatic heterocycles. The predicted molar refractivity (Wildman–Crippen MR) is 50.6 cm³/mol. The molecule has 0 atom stereocenters. The number of halogens is 1. The maximum Gasteiger partial charge on any atom is 0.0864 e. The lowest BCUT2D eigenvalue weighted by atomic mass is 10.2. The molecule has 1 rings (SSSR count). The Labute approximate surface area is 76.5 Å². The molecule has 2 N–H and O–H groups in total. The molecule has 1 aromatic carbocycles. The zero-order valence-electron chi connectivity index (χ0n) is 6.53. The highest BCUT2D eigenvalue weighted by Gasteiger charge is 1.87. The Balaban J connectivity index is 2.63. The van der Waals surface area contributed by atoms with Gasteiger partial charge in [0, 0.05) is 5.02 Å². The standard InChI is InChI=1S/C9H10ClNO/c10-9-5-1-3-8(7-9)4-2-6-12-11/h1-5,7H,6,11H2. The number of hydrogen-bond acceptors (Lipinski definition) is 2. The van der Waals surface area contributed by atoms with Crippen LogP contribution in [-0.2, 0) is 4.84 Å². The van der Waals surface area contributed by atoms with E-state index in [-0.39, 0.29) is 0 Å². The van der Waals surface area contributed by atoms with Crippen molar-refractivity contribution in [1.82, 2.24) is 0 Å². The molecule has 3 heteroatoms. The van der Waals surface area contributed by atoms with Gasteiger partial charge in [-0.15, -0.1) is 0 Å². The molecule has 64 valence electrons. The molecule has 12 heavy (non-hydrogen) atoms. The van der Waals surface area contributed by atoms with Crippen LogP contribution >= 0.6 is 11.6 Å². The third kappa shape index (κ3) is 3.05. The number of nitrogens with two attached hydrogens (primary N) is 1. The summed E-state index contributed by atoms with van der Waals surface area (Å²) in [4.78, 5) is 4.37. The molecule has 1 aromatic rings. The Morgan fingerprint density at radius 3 is 3.00 bits per heavy atom. The predicted octanol–water partition coefficient (Wildman–Crippen LogP) is 2.24. The first-order chi connectivity index (χ1) is 5.83. The number of hydrogen-bond donors (Lipinski definition) is 1. The van der Waals surface area contributed by atoms with Gasteiger partial charge in [0.1, 0.15) is 0 Å². The smallest absolute Gasteiger partial charge is 0.0864 e. The lowest BCUT2D eigenvalue weighted by Gasteiger charge is -1.93. The monoisotopic (exact) mass is 183 g/mol. The van der Waals surface area contributed by atoms with Gasteiger partial charge < -0.3 is 4.84 Å². The minimum atomic E-state index is 0.409. The molecule has 0 fully saturated rings. The second kappa shape index (κ2) is 4.93. The zero-order valence-corrected chi connectivity index (χ0v) is 7.29. The summed E-state index contributed by atoms with van der Waals surface area (Å²) in [5.41, 5.74) is 1.04. The first kappa shape index (κ1) is 9.26. The summed E-state index contributed by atoms with van der Waals surface area (Å²) >= 11 is 5.77.